The summed E-state index contributed by atoms with van der Waals surface area (Å²) < 4.78 is 26.3. The van der Waals surface area contributed by atoms with Gasteiger partial charge in [0.05, 0.1) is 30.8 Å². The van der Waals surface area contributed by atoms with Crippen LogP contribution in [0.2, 0.25) is 0 Å². The fourth-order valence-corrected chi connectivity index (χ4v) is 4.38. The van der Waals surface area contributed by atoms with E-state index in [0.29, 0.717) is 28.6 Å². The van der Waals surface area contributed by atoms with Crippen LogP contribution in [0.1, 0.15) is 43.0 Å². The molecule has 0 fully saturated rings. The van der Waals surface area contributed by atoms with Crippen LogP contribution < -0.4 is 14.8 Å². The third kappa shape index (κ3) is 4.37. The molecule has 1 N–H and O–H groups in total. The molecule has 0 saturated heterocycles. The van der Waals surface area contributed by atoms with Gasteiger partial charge in [-0.1, -0.05) is 6.07 Å². The van der Waals surface area contributed by atoms with Crippen molar-refractivity contribution in [3.63, 3.8) is 0 Å². The fourth-order valence-electron chi connectivity index (χ4n) is 4.38. The number of carbonyl (C=O) groups excluding carboxylic acids is 1. The van der Waals surface area contributed by atoms with Crippen molar-refractivity contribution in [2.45, 2.75) is 39.2 Å². The summed E-state index contributed by atoms with van der Waals surface area (Å²) in [5.74, 6) is 1.18. The second-order valence-electron chi connectivity index (χ2n) is 8.79. The second-order valence-corrected chi connectivity index (χ2v) is 8.79. The van der Waals surface area contributed by atoms with E-state index in [1.807, 2.05) is 39.0 Å². The number of nitrogens with zero attached hydrogens (tertiary/aromatic N) is 5. The zero-order chi connectivity index (χ0) is 25.4. The first kappa shape index (κ1) is 23.4. The van der Waals surface area contributed by atoms with E-state index in [-0.39, 0.29) is 36.1 Å². The third-order valence-corrected chi connectivity index (χ3v) is 5.93. The first-order valence-corrected chi connectivity index (χ1v) is 11.5. The molecular formula is C26H25FN6O3. The first-order valence-electron chi connectivity index (χ1n) is 11.5. The van der Waals surface area contributed by atoms with Crippen molar-refractivity contribution < 1.29 is 18.7 Å². The summed E-state index contributed by atoms with van der Waals surface area (Å²) in [6.45, 7) is 5.77. The van der Waals surface area contributed by atoms with Gasteiger partial charge in [0.2, 0.25) is 5.91 Å². The van der Waals surface area contributed by atoms with Gasteiger partial charge in [-0.25, -0.2) is 9.37 Å². The summed E-state index contributed by atoms with van der Waals surface area (Å²) in [6, 6.07) is 11.6. The highest BCUT2D eigenvalue weighted by molar-refractivity contribution is 5.95. The van der Waals surface area contributed by atoms with Crippen LogP contribution in [0.15, 0.2) is 48.7 Å². The third-order valence-electron chi connectivity index (χ3n) is 5.93. The number of halogens is 1. The van der Waals surface area contributed by atoms with Gasteiger partial charge in [0.25, 0.3) is 5.95 Å². The highest BCUT2D eigenvalue weighted by Gasteiger charge is 2.34. The van der Waals surface area contributed by atoms with Gasteiger partial charge >= 0.3 is 0 Å². The molecule has 184 valence electrons. The summed E-state index contributed by atoms with van der Waals surface area (Å²) in [4.78, 5) is 17.4. The van der Waals surface area contributed by atoms with Crippen molar-refractivity contribution in [3.8, 4) is 28.7 Å². The summed E-state index contributed by atoms with van der Waals surface area (Å²) in [6.07, 6.45) is 1.71. The van der Waals surface area contributed by atoms with Crippen LogP contribution in [0.3, 0.4) is 0 Å². The van der Waals surface area contributed by atoms with Crippen LogP contribution >= 0.6 is 0 Å². The van der Waals surface area contributed by atoms with Gasteiger partial charge in [0, 0.05) is 23.5 Å². The van der Waals surface area contributed by atoms with Crippen molar-refractivity contribution in [1.29, 1.82) is 0 Å². The monoisotopic (exact) mass is 488 g/mol. The maximum absolute atomic E-state index is 13.4. The minimum Gasteiger partial charge on any atom is -0.493 e. The number of nitrogens with one attached hydrogen (secondary N) is 1. The second kappa shape index (κ2) is 9.37. The molecule has 36 heavy (non-hydrogen) atoms. The number of methoxy groups -OCH3 is 1. The normalized spacial score (nSPS) is 14.9. The Morgan fingerprint density at radius 1 is 1.14 bits per heavy atom. The molecule has 1 aliphatic rings. The molecule has 4 aromatic rings. The van der Waals surface area contributed by atoms with E-state index < -0.39 is 0 Å². The summed E-state index contributed by atoms with van der Waals surface area (Å²) in [5, 5.41) is 15.8. The number of aryl methyl sites for hydroxylation is 1. The lowest BCUT2D eigenvalue weighted by Crippen LogP contribution is -2.25. The molecule has 0 unspecified atom stereocenters. The van der Waals surface area contributed by atoms with Gasteiger partial charge in [0.15, 0.2) is 11.5 Å². The SMILES string of the molecule is COc1ccc([C@@H]2CC(=O)Nc3c2c(C)nn3-c2nncc(-c3ccc(F)cc3)n2)cc1OC(C)C. The maximum Gasteiger partial charge on any atom is 0.272 e. The van der Waals surface area contributed by atoms with Crippen molar-refractivity contribution in [1.82, 2.24) is 25.0 Å². The maximum atomic E-state index is 13.4. The number of hydrogen-bond acceptors (Lipinski definition) is 7. The molecule has 1 amide bonds. The van der Waals surface area contributed by atoms with E-state index in [0.717, 1.165) is 16.8 Å². The Balaban J connectivity index is 1.58. The van der Waals surface area contributed by atoms with Crippen LogP contribution in [0.5, 0.6) is 11.5 Å². The minimum atomic E-state index is -0.341. The number of amides is 1. The Morgan fingerprint density at radius 3 is 2.64 bits per heavy atom. The number of rotatable bonds is 6. The van der Waals surface area contributed by atoms with Gasteiger partial charge in [-0.05, 0) is 62.7 Å². The lowest BCUT2D eigenvalue weighted by molar-refractivity contribution is -0.116. The van der Waals surface area contributed by atoms with Crippen LogP contribution in [0.25, 0.3) is 17.2 Å². The molecule has 0 spiro atoms. The number of fused-ring (bicyclic) bond motifs is 1. The number of hydrogen-bond donors (Lipinski definition) is 1. The van der Waals surface area contributed by atoms with E-state index in [2.05, 4.69) is 25.6 Å². The highest BCUT2D eigenvalue weighted by atomic mass is 19.1. The number of benzene rings is 2. The van der Waals surface area contributed by atoms with Crippen molar-refractivity contribution in [2.24, 2.45) is 0 Å². The van der Waals surface area contributed by atoms with E-state index in [1.54, 1.807) is 19.2 Å². The lowest BCUT2D eigenvalue weighted by atomic mass is 9.85. The Bertz CT molecular complexity index is 1430. The van der Waals surface area contributed by atoms with Crippen LogP contribution in [-0.2, 0) is 4.79 Å². The van der Waals surface area contributed by atoms with Crippen LogP contribution in [-0.4, -0.2) is 44.1 Å². The molecule has 1 aliphatic heterocycles. The summed E-state index contributed by atoms with van der Waals surface area (Å²) in [7, 11) is 1.59. The van der Waals surface area contributed by atoms with Gasteiger partial charge < -0.3 is 14.8 Å². The van der Waals surface area contributed by atoms with Crippen molar-refractivity contribution in [2.75, 3.05) is 12.4 Å². The van der Waals surface area contributed by atoms with Gasteiger partial charge in [-0.3, -0.25) is 4.79 Å². The smallest absolute Gasteiger partial charge is 0.272 e. The molecule has 2 aromatic heterocycles. The van der Waals surface area contributed by atoms with E-state index in [9.17, 15) is 9.18 Å². The fraction of sp³-hybridized carbons (Fsp3) is 0.269. The topological polar surface area (TPSA) is 104 Å². The molecule has 10 heteroatoms. The zero-order valence-electron chi connectivity index (χ0n) is 20.3. The molecular weight excluding hydrogens is 463 g/mol. The molecule has 0 saturated carbocycles. The molecule has 5 rings (SSSR count). The molecule has 0 aliphatic carbocycles. The predicted octanol–water partition coefficient (Wildman–Crippen LogP) is 4.44. The van der Waals surface area contributed by atoms with Gasteiger partial charge in [-0.15, -0.1) is 5.10 Å². The molecule has 2 aromatic carbocycles. The van der Waals surface area contributed by atoms with Crippen molar-refractivity contribution in [3.05, 3.63) is 71.3 Å². The number of carbonyl (C=O) groups is 1. The van der Waals surface area contributed by atoms with E-state index in [1.165, 1.54) is 23.0 Å². The quantitative estimate of drug-likeness (QED) is 0.428. The summed E-state index contributed by atoms with van der Waals surface area (Å²) in [5.41, 5.74) is 3.69. The number of ether oxygens (including phenoxy) is 2. The van der Waals surface area contributed by atoms with Crippen LogP contribution in [0, 0.1) is 12.7 Å². The minimum absolute atomic E-state index is 0.0399. The average molecular weight is 489 g/mol. The molecule has 0 radical (unpaired) electrons. The molecule has 3 heterocycles. The summed E-state index contributed by atoms with van der Waals surface area (Å²) >= 11 is 0. The highest BCUT2D eigenvalue weighted by Crippen LogP contribution is 2.42. The van der Waals surface area contributed by atoms with Gasteiger partial charge in [0.1, 0.15) is 11.6 Å². The average Bonchev–Trinajstić information content (AvgIpc) is 3.19. The Hall–Kier alpha value is -4.34. The van der Waals surface area contributed by atoms with Crippen molar-refractivity contribution >= 4 is 11.7 Å². The lowest BCUT2D eigenvalue weighted by Gasteiger charge is -2.25. The Morgan fingerprint density at radius 2 is 1.92 bits per heavy atom. The largest absolute Gasteiger partial charge is 0.493 e. The Labute approximate surface area is 207 Å². The number of aromatic nitrogens is 5. The van der Waals surface area contributed by atoms with E-state index >= 15 is 0 Å². The first-order chi connectivity index (χ1) is 17.3. The predicted molar refractivity (Wildman–Crippen MR) is 131 cm³/mol. The van der Waals surface area contributed by atoms with Gasteiger partial charge in [-0.2, -0.15) is 14.9 Å². The molecule has 0 bridgehead atoms. The van der Waals surface area contributed by atoms with E-state index in [4.69, 9.17) is 9.47 Å². The number of anilines is 1. The zero-order valence-corrected chi connectivity index (χ0v) is 20.3. The Kier molecular flexibility index (Phi) is 6.09. The molecule has 9 nitrogen and oxygen atoms in total. The standard InChI is InChI=1S/C26H25FN6O3/c1-14(2)36-22-11-17(7-10-21(22)35-4)19-12-23(34)30-25-24(19)15(3)32-33(25)26-29-20(13-28-31-26)16-5-8-18(27)9-6-16/h5-11,13-14,19H,12H2,1-4H3,(H,30,34)/t19-/m0/s1. The molecule has 1 atom stereocenters. The van der Waals surface area contributed by atoms with Crippen LogP contribution in [0.4, 0.5) is 10.2 Å².